The lowest BCUT2D eigenvalue weighted by Gasteiger charge is -2.22. The summed E-state index contributed by atoms with van der Waals surface area (Å²) in [5.74, 6) is 0.403. The van der Waals surface area contributed by atoms with Crippen LogP contribution >= 0.6 is 15.9 Å². The SMILES string of the molecule is O=C1CCCC12CNc1cccc(Br)c12. The van der Waals surface area contributed by atoms with E-state index < -0.39 is 0 Å². The summed E-state index contributed by atoms with van der Waals surface area (Å²) in [4.78, 5) is 12.1. The number of fused-ring (bicyclic) bond motifs is 2. The summed E-state index contributed by atoms with van der Waals surface area (Å²) >= 11 is 3.57. The molecular formula is C12H12BrNO. The molecule has 1 saturated carbocycles. The van der Waals surface area contributed by atoms with Crippen LogP contribution in [-0.4, -0.2) is 12.3 Å². The Morgan fingerprint density at radius 2 is 2.27 bits per heavy atom. The number of anilines is 1. The zero-order valence-corrected chi connectivity index (χ0v) is 9.93. The predicted octanol–water partition coefficient (Wildman–Crippen LogP) is 2.87. The normalized spacial score (nSPS) is 28.2. The highest BCUT2D eigenvalue weighted by atomic mass is 79.9. The van der Waals surface area contributed by atoms with Crippen LogP contribution in [0.4, 0.5) is 5.69 Å². The number of Topliss-reactive ketones (excluding diaryl/α,β-unsaturated/α-hetero) is 1. The van der Waals surface area contributed by atoms with Crippen molar-refractivity contribution in [1.29, 1.82) is 0 Å². The Morgan fingerprint density at radius 1 is 1.40 bits per heavy atom. The Labute approximate surface area is 97.2 Å². The molecule has 1 aromatic carbocycles. The van der Waals surface area contributed by atoms with Gasteiger partial charge in [-0.1, -0.05) is 22.0 Å². The second-order valence-electron chi connectivity index (χ2n) is 4.37. The molecular weight excluding hydrogens is 254 g/mol. The third-order valence-electron chi connectivity index (χ3n) is 3.61. The lowest BCUT2D eigenvalue weighted by atomic mass is 9.80. The maximum atomic E-state index is 12.1. The molecule has 1 fully saturated rings. The maximum Gasteiger partial charge on any atom is 0.145 e. The molecule has 1 aliphatic carbocycles. The van der Waals surface area contributed by atoms with Gasteiger partial charge in [0.1, 0.15) is 5.78 Å². The largest absolute Gasteiger partial charge is 0.383 e. The molecule has 1 aliphatic heterocycles. The molecule has 0 saturated heterocycles. The van der Waals surface area contributed by atoms with E-state index in [2.05, 4.69) is 27.3 Å². The van der Waals surface area contributed by atoms with Crippen LogP contribution in [0.1, 0.15) is 24.8 Å². The van der Waals surface area contributed by atoms with E-state index in [1.807, 2.05) is 12.1 Å². The van der Waals surface area contributed by atoms with E-state index in [-0.39, 0.29) is 5.41 Å². The van der Waals surface area contributed by atoms with Crippen molar-refractivity contribution in [2.45, 2.75) is 24.7 Å². The summed E-state index contributed by atoms with van der Waals surface area (Å²) in [6, 6.07) is 6.09. The molecule has 3 rings (SSSR count). The molecule has 1 unspecified atom stereocenters. The van der Waals surface area contributed by atoms with E-state index in [4.69, 9.17) is 0 Å². The number of nitrogens with one attached hydrogen (secondary N) is 1. The standard InChI is InChI=1S/C12H12BrNO/c13-8-3-1-4-9-11(8)12(7-14-9)6-2-5-10(12)15/h1,3-4,14H,2,5-7H2. The van der Waals surface area contributed by atoms with Gasteiger partial charge in [-0.15, -0.1) is 0 Å². The molecule has 1 heterocycles. The van der Waals surface area contributed by atoms with Gasteiger partial charge < -0.3 is 5.32 Å². The molecule has 1 N–H and O–H groups in total. The van der Waals surface area contributed by atoms with Gasteiger partial charge in [-0.2, -0.15) is 0 Å². The van der Waals surface area contributed by atoms with Crippen molar-refractivity contribution in [1.82, 2.24) is 0 Å². The van der Waals surface area contributed by atoms with E-state index in [0.717, 1.165) is 36.0 Å². The molecule has 0 amide bonds. The van der Waals surface area contributed by atoms with Gasteiger partial charge in [-0.3, -0.25) is 4.79 Å². The van der Waals surface area contributed by atoms with Crippen LogP contribution in [0.2, 0.25) is 0 Å². The topological polar surface area (TPSA) is 29.1 Å². The first-order chi connectivity index (χ1) is 7.24. The Kier molecular flexibility index (Phi) is 1.93. The van der Waals surface area contributed by atoms with Crippen molar-refractivity contribution in [3.8, 4) is 0 Å². The van der Waals surface area contributed by atoms with Crippen molar-refractivity contribution in [2.75, 3.05) is 11.9 Å². The lowest BCUT2D eigenvalue weighted by Crippen LogP contribution is -2.33. The van der Waals surface area contributed by atoms with Crippen LogP contribution in [0, 0.1) is 0 Å². The summed E-state index contributed by atoms with van der Waals surface area (Å²) in [7, 11) is 0. The van der Waals surface area contributed by atoms with Crippen molar-refractivity contribution in [2.24, 2.45) is 0 Å². The smallest absolute Gasteiger partial charge is 0.145 e. The fourth-order valence-corrected chi connectivity index (χ4v) is 3.62. The van der Waals surface area contributed by atoms with Crippen LogP contribution < -0.4 is 5.32 Å². The van der Waals surface area contributed by atoms with Gasteiger partial charge in [0.05, 0.1) is 5.41 Å². The Balaban J connectivity index is 2.22. The lowest BCUT2D eigenvalue weighted by molar-refractivity contribution is -0.121. The van der Waals surface area contributed by atoms with Crippen molar-refractivity contribution in [3.05, 3.63) is 28.2 Å². The molecule has 78 valence electrons. The fraction of sp³-hybridized carbons (Fsp3) is 0.417. The molecule has 0 aromatic heterocycles. The average molecular weight is 266 g/mol. The number of ketones is 1. The van der Waals surface area contributed by atoms with E-state index >= 15 is 0 Å². The second-order valence-corrected chi connectivity index (χ2v) is 5.23. The molecule has 0 radical (unpaired) electrons. The van der Waals surface area contributed by atoms with Crippen LogP contribution in [0.25, 0.3) is 0 Å². The Bertz CT molecular complexity index is 443. The first kappa shape index (κ1) is 9.40. The summed E-state index contributed by atoms with van der Waals surface area (Å²) in [5, 5.41) is 3.35. The van der Waals surface area contributed by atoms with Gasteiger partial charge in [-0.05, 0) is 25.0 Å². The Morgan fingerprint density at radius 3 is 3.00 bits per heavy atom. The van der Waals surface area contributed by atoms with Crippen LogP contribution in [-0.2, 0) is 10.2 Å². The highest BCUT2D eigenvalue weighted by Crippen LogP contribution is 2.48. The van der Waals surface area contributed by atoms with Crippen LogP contribution in [0.5, 0.6) is 0 Å². The molecule has 2 aliphatic rings. The molecule has 1 aromatic rings. The highest BCUT2D eigenvalue weighted by molar-refractivity contribution is 9.10. The minimum Gasteiger partial charge on any atom is -0.383 e. The van der Waals surface area contributed by atoms with Gasteiger partial charge in [0.25, 0.3) is 0 Å². The number of rotatable bonds is 0. The first-order valence-electron chi connectivity index (χ1n) is 5.30. The number of carbonyl (C=O) groups excluding carboxylic acids is 1. The first-order valence-corrected chi connectivity index (χ1v) is 6.09. The molecule has 2 nitrogen and oxygen atoms in total. The number of benzene rings is 1. The zero-order valence-electron chi connectivity index (χ0n) is 8.35. The predicted molar refractivity (Wildman–Crippen MR) is 63.2 cm³/mol. The van der Waals surface area contributed by atoms with Gasteiger partial charge in [-0.25, -0.2) is 0 Å². The molecule has 1 spiro atoms. The monoisotopic (exact) mass is 265 g/mol. The van der Waals surface area contributed by atoms with Gasteiger partial charge >= 0.3 is 0 Å². The molecule has 0 bridgehead atoms. The number of halogens is 1. The third-order valence-corrected chi connectivity index (χ3v) is 4.27. The molecule has 3 heteroatoms. The second kappa shape index (κ2) is 3.08. The number of hydrogen-bond donors (Lipinski definition) is 1. The van der Waals surface area contributed by atoms with Gasteiger partial charge in [0.2, 0.25) is 0 Å². The average Bonchev–Trinajstić information content (AvgIpc) is 2.76. The number of carbonyl (C=O) groups is 1. The fourth-order valence-electron chi connectivity index (χ4n) is 2.87. The van der Waals surface area contributed by atoms with Crippen molar-refractivity contribution < 1.29 is 4.79 Å². The zero-order chi connectivity index (χ0) is 10.5. The summed E-state index contributed by atoms with van der Waals surface area (Å²) < 4.78 is 1.07. The minimum absolute atomic E-state index is 0.227. The van der Waals surface area contributed by atoms with E-state index in [1.54, 1.807) is 0 Å². The Hall–Kier alpha value is -0.830. The number of hydrogen-bond acceptors (Lipinski definition) is 2. The highest BCUT2D eigenvalue weighted by Gasteiger charge is 2.48. The molecule has 1 atom stereocenters. The van der Waals surface area contributed by atoms with Crippen LogP contribution in [0.3, 0.4) is 0 Å². The summed E-state index contributed by atoms with van der Waals surface area (Å²) in [6.45, 7) is 0.782. The minimum atomic E-state index is -0.227. The third kappa shape index (κ3) is 1.13. The van der Waals surface area contributed by atoms with E-state index in [9.17, 15) is 4.79 Å². The van der Waals surface area contributed by atoms with Gasteiger partial charge in [0.15, 0.2) is 0 Å². The summed E-state index contributed by atoms with van der Waals surface area (Å²) in [5.41, 5.74) is 2.09. The van der Waals surface area contributed by atoms with E-state index in [0.29, 0.717) is 5.78 Å². The molecule has 15 heavy (non-hydrogen) atoms. The van der Waals surface area contributed by atoms with Gasteiger partial charge in [0, 0.05) is 28.7 Å². The van der Waals surface area contributed by atoms with Crippen molar-refractivity contribution in [3.63, 3.8) is 0 Å². The quantitative estimate of drug-likeness (QED) is 0.782. The van der Waals surface area contributed by atoms with E-state index in [1.165, 1.54) is 5.56 Å². The summed E-state index contributed by atoms with van der Waals surface area (Å²) in [6.07, 6.45) is 2.76. The maximum absolute atomic E-state index is 12.1. The van der Waals surface area contributed by atoms with Crippen LogP contribution in [0.15, 0.2) is 22.7 Å². The van der Waals surface area contributed by atoms with Crippen molar-refractivity contribution >= 4 is 27.4 Å².